The van der Waals surface area contributed by atoms with Gasteiger partial charge in [0.25, 0.3) is 0 Å². The maximum atomic E-state index is 10.6. The summed E-state index contributed by atoms with van der Waals surface area (Å²) in [6.45, 7) is 9.00. The normalized spacial score (nSPS) is 29.4. The Kier molecular flexibility index (Phi) is 4.36. The lowest BCUT2D eigenvalue weighted by Gasteiger charge is -2.36. The van der Waals surface area contributed by atoms with Gasteiger partial charge in [-0.3, -0.25) is 0 Å². The van der Waals surface area contributed by atoms with E-state index in [1.807, 2.05) is 13.8 Å². The first-order valence-corrected chi connectivity index (χ1v) is 7.42. The van der Waals surface area contributed by atoms with Crippen molar-refractivity contribution in [1.29, 1.82) is 0 Å². The molecule has 1 heterocycles. The van der Waals surface area contributed by atoms with Crippen molar-refractivity contribution in [3.63, 3.8) is 0 Å². The van der Waals surface area contributed by atoms with E-state index in [2.05, 4.69) is 25.2 Å². The number of hydrogen-bond acceptors (Lipinski definition) is 3. The van der Waals surface area contributed by atoms with Crippen molar-refractivity contribution in [1.82, 2.24) is 5.32 Å². The highest BCUT2D eigenvalue weighted by molar-refractivity contribution is 5.23. The Balaban J connectivity index is 1.93. The molecule has 19 heavy (non-hydrogen) atoms. The van der Waals surface area contributed by atoms with E-state index in [4.69, 9.17) is 4.42 Å². The van der Waals surface area contributed by atoms with Crippen LogP contribution in [0.2, 0.25) is 0 Å². The van der Waals surface area contributed by atoms with Gasteiger partial charge >= 0.3 is 0 Å². The third kappa shape index (κ3) is 3.61. The number of aryl methyl sites for hydroxylation is 2. The van der Waals surface area contributed by atoms with Crippen LogP contribution in [0.25, 0.3) is 0 Å². The van der Waals surface area contributed by atoms with Gasteiger partial charge in [-0.15, -0.1) is 0 Å². The molecule has 1 fully saturated rings. The lowest BCUT2D eigenvalue weighted by atomic mass is 9.79. The van der Waals surface area contributed by atoms with Gasteiger partial charge in [0.1, 0.15) is 11.5 Å². The first-order valence-electron chi connectivity index (χ1n) is 7.42. The molecular formula is C16H27NO2. The maximum Gasteiger partial charge on any atom is 0.105 e. The van der Waals surface area contributed by atoms with Crippen LogP contribution in [-0.4, -0.2) is 17.3 Å². The Morgan fingerprint density at radius 2 is 2.26 bits per heavy atom. The highest BCUT2D eigenvalue weighted by atomic mass is 16.3. The van der Waals surface area contributed by atoms with E-state index in [0.717, 1.165) is 30.8 Å². The molecule has 0 amide bonds. The minimum atomic E-state index is -0.529. The summed E-state index contributed by atoms with van der Waals surface area (Å²) in [5, 5.41) is 14.1. The lowest BCUT2D eigenvalue weighted by Crippen LogP contribution is -2.44. The van der Waals surface area contributed by atoms with E-state index in [0.29, 0.717) is 12.5 Å². The fourth-order valence-corrected chi connectivity index (χ4v) is 3.33. The SMILES string of the molecule is Cc1cc(C(C)NCC2(O)CCCC(C)C2)c(C)o1. The molecular weight excluding hydrogens is 238 g/mol. The molecule has 0 bridgehead atoms. The van der Waals surface area contributed by atoms with Crippen molar-refractivity contribution in [3.05, 3.63) is 23.2 Å². The molecule has 0 spiro atoms. The third-order valence-electron chi connectivity index (χ3n) is 4.35. The van der Waals surface area contributed by atoms with E-state index >= 15 is 0 Å². The highest BCUT2D eigenvalue weighted by Crippen LogP contribution is 2.32. The Labute approximate surface area is 116 Å². The number of furan rings is 1. The van der Waals surface area contributed by atoms with Crippen LogP contribution in [0.5, 0.6) is 0 Å². The first-order chi connectivity index (χ1) is 8.89. The van der Waals surface area contributed by atoms with Gasteiger partial charge in [-0.05, 0) is 45.6 Å². The Morgan fingerprint density at radius 1 is 1.53 bits per heavy atom. The first kappa shape index (κ1) is 14.6. The molecule has 3 unspecified atom stereocenters. The topological polar surface area (TPSA) is 45.4 Å². The molecule has 0 aromatic carbocycles. The van der Waals surface area contributed by atoms with Crippen LogP contribution in [0.15, 0.2) is 10.5 Å². The van der Waals surface area contributed by atoms with Gasteiger partial charge in [-0.25, -0.2) is 0 Å². The van der Waals surface area contributed by atoms with E-state index < -0.39 is 5.60 Å². The quantitative estimate of drug-likeness (QED) is 0.876. The zero-order valence-electron chi connectivity index (χ0n) is 12.6. The van der Waals surface area contributed by atoms with Crippen molar-refractivity contribution in [2.24, 2.45) is 5.92 Å². The fraction of sp³-hybridized carbons (Fsp3) is 0.750. The van der Waals surface area contributed by atoms with Crippen molar-refractivity contribution in [2.45, 2.75) is 65.0 Å². The summed E-state index contributed by atoms with van der Waals surface area (Å²) < 4.78 is 5.57. The minimum Gasteiger partial charge on any atom is -0.466 e. The van der Waals surface area contributed by atoms with Crippen LogP contribution in [0.4, 0.5) is 0 Å². The minimum absolute atomic E-state index is 0.221. The summed E-state index contributed by atoms with van der Waals surface area (Å²) in [7, 11) is 0. The number of hydrogen-bond donors (Lipinski definition) is 2. The molecule has 3 nitrogen and oxygen atoms in total. The second-order valence-corrected chi connectivity index (χ2v) is 6.40. The Morgan fingerprint density at radius 3 is 2.84 bits per heavy atom. The standard InChI is InChI=1S/C16H27NO2/c1-11-6-5-7-16(18,9-11)10-17-13(3)15-8-12(2)19-14(15)4/h8,11,13,17-18H,5-7,9-10H2,1-4H3. The van der Waals surface area contributed by atoms with E-state index in [1.165, 1.54) is 12.0 Å². The number of nitrogens with one attached hydrogen (secondary N) is 1. The zero-order chi connectivity index (χ0) is 14.0. The van der Waals surface area contributed by atoms with Gasteiger partial charge < -0.3 is 14.8 Å². The predicted molar refractivity (Wildman–Crippen MR) is 77.2 cm³/mol. The van der Waals surface area contributed by atoms with E-state index in [-0.39, 0.29) is 6.04 Å². The third-order valence-corrected chi connectivity index (χ3v) is 4.35. The summed E-state index contributed by atoms with van der Waals surface area (Å²) in [5.74, 6) is 2.56. The van der Waals surface area contributed by atoms with Gasteiger partial charge in [0, 0.05) is 18.2 Å². The van der Waals surface area contributed by atoms with Gasteiger partial charge in [-0.1, -0.05) is 19.8 Å². The van der Waals surface area contributed by atoms with Crippen LogP contribution in [0.1, 0.15) is 62.7 Å². The molecule has 0 saturated heterocycles. The van der Waals surface area contributed by atoms with Crippen LogP contribution in [0.3, 0.4) is 0 Å². The maximum absolute atomic E-state index is 10.6. The summed E-state index contributed by atoms with van der Waals surface area (Å²) in [6.07, 6.45) is 4.21. The summed E-state index contributed by atoms with van der Waals surface area (Å²) >= 11 is 0. The summed E-state index contributed by atoms with van der Waals surface area (Å²) in [6, 6.07) is 2.30. The molecule has 0 aliphatic heterocycles. The zero-order valence-corrected chi connectivity index (χ0v) is 12.6. The van der Waals surface area contributed by atoms with E-state index in [1.54, 1.807) is 0 Å². The van der Waals surface area contributed by atoms with Crippen LogP contribution < -0.4 is 5.32 Å². The molecule has 1 aromatic rings. The van der Waals surface area contributed by atoms with Crippen molar-refractivity contribution >= 4 is 0 Å². The average molecular weight is 265 g/mol. The molecule has 3 heteroatoms. The van der Waals surface area contributed by atoms with Gasteiger partial charge in [0.05, 0.1) is 5.60 Å². The summed E-state index contributed by atoms with van der Waals surface area (Å²) in [5.41, 5.74) is 0.670. The Bertz CT molecular complexity index is 426. The van der Waals surface area contributed by atoms with Crippen molar-refractivity contribution in [3.8, 4) is 0 Å². The van der Waals surface area contributed by atoms with E-state index in [9.17, 15) is 5.11 Å². The molecule has 2 N–H and O–H groups in total. The monoisotopic (exact) mass is 265 g/mol. The summed E-state index contributed by atoms with van der Waals surface area (Å²) in [4.78, 5) is 0. The Hall–Kier alpha value is -0.800. The average Bonchev–Trinajstić information content (AvgIpc) is 2.65. The lowest BCUT2D eigenvalue weighted by molar-refractivity contribution is -0.0134. The molecule has 1 aliphatic carbocycles. The molecule has 1 aliphatic rings. The largest absolute Gasteiger partial charge is 0.466 e. The molecule has 2 rings (SSSR count). The molecule has 1 aromatic heterocycles. The molecule has 0 radical (unpaired) electrons. The number of aliphatic hydroxyl groups is 1. The molecule has 108 valence electrons. The second-order valence-electron chi connectivity index (χ2n) is 6.40. The van der Waals surface area contributed by atoms with Crippen molar-refractivity contribution in [2.75, 3.05) is 6.54 Å². The van der Waals surface area contributed by atoms with Crippen LogP contribution >= 0.6 is 0 Å². The second kappa shape index (κ2) is 5.68. The smallest absolute Gasteiger partial charge is 0.105 e. The van der Waals surface area contributed by atoms with Crippen LogP contribution in [-0.2, 0) is 0 Å². The predicted octanol–water partition coefficient (Wildman–Crippen LogP) is 3.49. The van der Waals surface area contributed by atoms with Gasteiger partial charge in [-0.2, -0.15) is 0 Å². The van der Waals surface area contributed by atoms with Crippen LogP contribution in [0, 0.1) is 19.8 Å². The molecule has 1 saturated carbocycles. The van der Waals surface area contributed by atoms with Crippen molar-refractivity contribution < 1.29 is 9.52 Å². The highest BCUT2D eigenvalue weighted by Gasteiger charge is 2.32. The molecule has 3 atom stereocenters. The van der Waals surface area contributed by atoms with Gasteiger partial charge in [0.15, 0.2) is 0 Å². The fourth-order valence-electron chi connectivity index (χ4n) is 3.33. The number of rotatable bonds is 4. The van der Waals surface area contributed by atoms with Gasteiger partial charge in [0.2, 0.25) is 0 Å².